The van der Waals surface area contributed by atoms with E-state index in [2.05, 4.69) is 21.2 Å². The minimum absolute atomic E-state index is 0.00556. The number of para-hydroxylation sites is 1. The lowest BCUT2D eigenvalue weighted by atomic mass is 10.2. The molecule has 0 bridgehead atoms. The molecule has 1 aromatic heterocycles. The highest BCUT2D eigenvalue weighted by molar-refractivity contribution is 9.10. The van der Waals surface area contributed by atoms with E-state index >= 15 is 0 Å². The second-order valence-electron chi connectivity index (χ2n) is 3.83. The number of hydrogen-bond acceptors (Lipinski definition) is 3. The van der Waals surface area contributed by atoms with Gasteiger partial charge in [0.2, 0.25) is 0 Å². The molecule has 5 nitrogen and oxygen atoms in total. The predicted octanol–water partition coefficient (Wildman–Crippen LogP) is 3.30. The molecule has 0 saturated heterocycles. The molecule has 0 radical (unpaired) electrons. The summed E-state index contributed by atoms with van der Waals surface area (Å²) in [5.74, 6) is -0.880. The van der Waals surface area contributed by atoms with Crippen molar-refractivity contribution in [3.05, 3.63) is 51.9 Å². The Bertz CT molecular complexity index is 648. The van der Waals surface area contributed by atoms with Crippen LogP contribution < -0.4 is 5.32 Å². The number of carboxylic acid groups (broad SMARTS) is 1. The van der Waals surface area contributed by atoms with Gasteiger partial charge in [0.15, 0.2) is 5.76 Å². The summed E-state index contributed by atoms with van der Waals surface area (Å²) in [6, 6.07) is 7.83. The van der Waals surface area contributed by atoms with Crippen LogP contribution in [0.3, 0.4) is 0 Å². The number of aryl methyl sites for hydroxylation is 1. The molecule has 6 heteroatoms. The number of rotatable bonds is 3. The van der Waals surface area contributed by atoms with Crippen LogP contribution in [-0.4, -0.2) is 17.0 Å². The van der Waals surface area contributed by atoms with Crippen LogP contribution in [0.15, 0.2) is 39.2 Å². The van der Waals surface area contributed by atoms with Crippen molar-refractivity contribution in [2.75, 3.05) is 5.32 Å². The Morgan fingerprint density at radius 3 is 2.58 bits per heavy atom. The van der Waals surface area contributed by atoms with Gasteiger partial charge in [0.25, 0.3) is 5.91 Å². The predicted molar refractivity (Wildman–Crippen MR) is 72.5 cm³/mol. The molecule has 0 unspecified atom stereocenters. The number of carboxylic acids is 1. The SMILES string of the molecule is Cc1ccc(C(=O)Nc2c(Br)cccc2C(=O)O)o1. The van der Waals surface area contributed by atoms with Crippen LogP contribution in [0.5, 0.6) is 0 Å². The van der Waals surface area contributed by atoms with E-state index in [4.69, 9.17) is 9.52 Å². The number of anilines is 1. The van der Waals surface area contributed by atoms with E-state index in [9.17, 15) is 9.59 Å². The van der Waals surface area contributed by atoms with Crippen LogP contribution in [-0.2, 0) is 0 Å². The summed E-state index contributed by atoms with van der Waals surface area (Å²) in [5, 5.41) is 11.6. The number of carbonyl (C=O) groups is 2. The Balaban J connectivity index is 2.33. The number of carbonyl (C=O) groups excluding carboxylic acids is 1. The summed E-state index contributed by atoms with van der Waals surface area (Å²) in [6.45, 7) is 1.72. The molecule has 19 heavy (non-hydrogen) atoms. The number of furan rings is 1. The van der Waals surface area contributed by atoms with Crippen molar-refractivity contribution >= 4 is 33.5 Å². The first-order valence-electron chi connectivity index (χ1n) is 5.38. The van der Waals surface area contributed by atoms with Crippen molar-refractivity contribution in [1.82, 2.24) is 0 Å². The van der Waals surface area contributed by atoms with E-state index in [-0.39, 0.29) is 17.0 Å². The minimum Gasteiger partial charge on any atom is -0.478 e. The fourth-order valence-electron chi connectivity index (χ4n) is 1.56. The number of halogens is 1. The van der Waals surface area contributed by atoms with E-state index in [1.54, 1.807) is 25.1 Å². The van der Waals surface area contributed by atoms with Crippen LogP contribution >= 0.6 is 15.9 Å². The molecule has 2 rings (SSSR count). The number of nitrogens with one attached hydrogen (secondary N) is 1. The topological polar surface area (TPSA) is 79.5 Å². The lowest BCUT2D eigenvalue weighted by Gasteiger charge is -2.09. The molecule has 2 aromatic rings. The van der Waals surface area contributed by atoms with Crippen LogP contribution in [0.2, 0.25) is 0 Å². The van der Waals surface area contributed by atoms with Gasteiger partial charge in [-0.2, -0.15) is 0 Å². The quantitative estimate of drug-likeness (QED) is 0.908. The first kappa shape index (κ1) is 13.4. The molecule has 0 saturated carbocycles. The molecule has 0 aliphatic rings. The number of hydrogen-bond donors (Lipinski definition) is 2. The summed E-state index contributed by atoms with van der Waals surface area (Å²) in [5.41, 5.74) is 0.208. The van der Waals surface area contributed by atoms with E-state index < -0.39 is 11.9 Å². The van der Waals surface area contributed by atoms with E-state index in [0.717, 1.165) is 0 Å². The molecule has 2 N–H and O–H groups in total. The summed E-state index contributed by atoms with van der Waals surface area (Å²) in [6.07, 6.45) is 0. The monoisotopic (exact) mass is 323 g/mol. The highest BCUT2D eigenvalue weighted by atomic mass is 79.9. The maximum absolute atomic E-state index is 11.9. The Hall–Kier alpha value is -2.08. The zero-order valence-corrected chi connectivity index (χ0v) is 11.5. The van der Waals surface area contributed by atoms with Gasteiger partial charge in [-0.15, -0.1) is 0 Å². The maximum Gasteiger partial charge on any atom is 0.337 e. The van der Waals surface area contributed by atoms with Crippen molar-refractivity contribution in [2.24, 2.45) is 0 Å². The fourth-order valence-corrected chi connectivity index (χ4v) is 2.03. The van der Waals surface area contributed by atoms with E-state index in [1.165, 1.54) is 12.1 Å². The lowest BCUT2D eigenvalue weighted by Crippen LogP contribution is -2.14. The third-order valence-corrected chi connectivity index (χ3v) is 3.11. The number of aromatic carboxylic acids is 1. The van der Waals surface area contributed by atoms with Gasteiger partial charge in [-0.25, -0.2) is 4.79 Å². The first-order valence-corrected chi connectivity index (χ1v) is 6.18. The average molecular weight is 324 g/mol. The molecular formula is C13H10BrNO4. The molecule has 0 atom stereocenters. The van der Waals surface area contributed by atoms with Gasteiger partial charge >= 0.3 is 5.97 Å². The Morgan fingerprint density at radius 1 is 1.26 bits per heavy atom. The van der Waals surface area contributed by atoms with Crippen molar-refractivity contribution in [3.8, 4) is 0 Å². The summed E-state index contributed by atoms with van der Waals surface area (Å²) in [7, 11) is 0. The van der Waals surface area contributed by atoms with Crippen LogP contribution in [0.25, 0.3) is 0 Å². The van der Waals surface area contributed by atoms with Crippen molar-refractivity contribution < 1.29 is 19.1 Å². The van der Waals surface area contributed by atoms with Crippen LogP contribution in [0, 0.1) is 6.92 Å². The highest BCUT2D eigenvalue weighted by Gasteiger charge is 2.17. The van der Waals surface area contributed by atoms with Crippen molar-refractivity contribution in [1.29, 1.82) is 0 Å². The summed E-state index contributed by atoms with van der Waals surface area (Å²) < 4.78 is 5.67. The molecule has 1 heterocycles. The van der Waals surface area contributed by atoms with E-state index in [0.29, 0.717) is 10.2 Å². The Morgan fingerprint density at radius 2 is 2.00 bits per heavy atom. The normalized spacial score (nSPS) is 10.2. The van der Waals surface area contributed by atoms with Gasteiger partial charge in [0.1, 0.15) is 5.76 Å². The maximum atomic E-state index is 11.9. The molecule has 0 aliphatic heterocycles. The van der Waals surface area contributed by atoms with Gasteiger partial charge in [-0.05, 0) is 47.1 Å². The van der Waals surface area contributed by atoms with Crippen LogP contribution in [0.4, 0.5) is 5.69 Å². The lowest BCUT2D eigenvalue weighted by molar-refractivity contribution is 0.0698. The molecule has 0 spiro atoms. The third kappa shape index (κ3) is 2.85. The number of amides is 1. The number of benzene rings is 1. The van der Waals surface area contributed by atoms with Gasteiger partial charge in [0, 0.05) is 4.47 Å². The standard InChI is InChI=1S/C13H10BrNO4/c1-7-5-6-10(19-7)12(16)15-11-8(13(17)18)3-2-4-9(11)14/h2-6H,1H3,(H,15,16)(H,17,18). The average Bonchev–Trinajstić information content (AvgIpc) is 2.78. The fraction of sp³-hybridized carbons (Fsp3) is 0.0769. The summed E-state index contributed by atoms with van der Waals surface area (Å²) >= 11 is 3.21. The van der Waals surface area contributed by atoms with Gasteiger partial charge in [-0.1, -0.05) is 6.07 Å². The molecule has 98 valence electrons. The smallest absolute Gasteiger partial charge is 0.337 e. The minimum atomic E-state index is -1.12. The second kappa shape index (κ2) is 5.27. The zero-order valence-electron chi connectivity index (χ0n) is 9.94. The zero-order chi connectivity index (χ0) is 14.0. The highest BCUT2D eigenvalue weighted by Crippen LogP contribution is 2.27. The molecule has 0 fully saturated rings. The summed E-state index contributed by atoms with van der Waals surface area (Å²) in [4.78, 5) is 23.0. The molecule has 0 aliphatic carbocycles. The van der Waals surface area contributed by atoms with Gasteiger partial charge < -0.3 is 14.8 Å². The third-order valence-electron chi connectivity index (χ3n) is 2.45. The van der Waals surface area contributed by atoms with Gasteiger partial charge in [0.05, 0.1) is 11.3 Å². The molecule has 1 amide bonds. The van der Waals surface area contributed by atoms with Crippen molar-refractivity contribution in [2.45, 2.75) is 6.92 Å². The van der Waals surface area contributed by atoms with Crippen LogP contribution in [0.1, 0.15) is 26.7 Å². The molecular weight excluding hydrogens is 314 g/mol. The van der Waals surface area contributed by atoms with E-state index in [1.807, 2.05) is 0 Å². The second-order valence-corrected chi connectivity index (χ2v) is 4.69. The van der Waals surface area contributed by atoms with Crippen molar-refractivity contribution in [3.63, 3.8) is 0 Å². The first-order chi connectivity index (χ1) is 8.99. The van der Waals surface area contributed by atoms with Gasteiger partial charge in [-0.3, -0.25) is 4.79 Å². The Kier molecular flexibility index (Phi) is 3.71. The largest absolute Gasteiger partial charge is 0.478 e. The molecule has 1 aromatic carbocycles. The Labute approximate surface area is 117 Å².